The van der Waals surface area contributed by atoms with Gasteiger partial charge in [-0.1, -0.05) is 113 Å². The van der Waals surface area contributed by atoms with Crippen LogP contribution in [0.15, 0.2) is 205 Å². The Morgan fingerprint density at radius 3 is 1.45 bits per heavy atom. The Bertz CT molecular complexity index is 3590. The van der Waals surface area contributed by atoms with Gasteiger partial charge in [-0.3, -0.25) is 0 Å². The maximum absolute atomic E-state index is 3.75. The van der Waals surface area contributed by atoms with E-state index in [2.05, 4.69) is 225 Å². The first-order valence-corrected chi connectivity index (χ1v) is 21.2. The van der Waals surface area contributed by atoms with Crippen LogP contribution < -0.4 is 0 Å². The van der Waals surface area contributed by atoms with Crippen LogP contribution in [0.25, 0.3) is 109 Å². The van der Waals surface area contributed by atoms with E-state index in [-0.39, 0.29) is 0 Å². The fourth-order valence-corrected chi connectivity index (χ4v) is 10.6. The molecule has 0 aliphatic rings. The summed E-state index contributed by atoms with van der Waals surface area (Å²) in [4.78, 5) is 0. The second kappa shape index (κ2) is 13.2. The van der Waals surface area contributed by atoms with Crippen LogP contribution in [0.4, 0.5) is 0 Å². The van der Waals surface area contributed by atoms with E-state index >= 15 is 0 Å². The first-order chi connectivity index (χ1) is 28.6. The fraction of sp³-hybridized carbons (Fsp3) is 0. The van der Waals surface area contributed by atoms with Crippen molar-refractivity contribution in [1.29, 1.82) is 0 Å². The standard InChI is InChI=1S/C54H33BrN2S/c55-40-12-10-11-34(30-40)37-27-38(35-21-24-51-46(31-35)43-15-4-7-18-49(43)56(51)41-13-2-1-3-14-41)29-39(28-37)36-22-25-52-47(32-36)44-16-5-8-19-50(44)57(52)42-23-26-54-48(33-42)45-17-6-9-20-53(45)58-54/h1-33H. The smallest absolute Gasteiger partial charge is 0.0541 e. The lowest BCUT2D eigenvalue weighted by atomic mass is 9.92. The predicted octanol–water partition coefficient (Wildman–Crippen LogP) is 16.0. The number of nitrogens with zero attached hydrogens (tertiary/aromatic N) is 2. The first kappa shape index (κ1) is 33.4. The summed E-state index contributed by atoms with van der Waals surface area (Å²) in [6.45, 7) is 0. The zero-order chi connectivity index (χ0) is 38.3. The van der Waals surface area contributed by atoms with E-state index in [1.165, 1.54) is 103 Å². The van der Waals surface area contributed by atoms with Crippen LogP contribution in [0, 0.1) is 0 Å². The number of rotatable bonds is 5. The summed E-state index contributed by atoms with van der Waals surface area (Å²) in [5.41, 5.74) is 14.3. The normalized spacial score (nSPS) is 11.9. The van der Waals surface area contributed by atoms with E-state index < -0.39 is 0 Å². The zero-order valence-electron chi connectivity index (χ0n) is 31.2. The molecule has 0 radical (unpaired) electrons. The summed E-state index contributed by atoms with van der Waals surface area (Å²) in [5.74, 6) is 0. The Morgan fingerprint density at radius 2 is 0.810 bits per heavy atom. The van der Waals surface area contributed by atoms with Gasteiger partial charge in [-0.25, -0.2) is 0 Å². The molecule has 0 saturated heterocycles. The molecule has 0 aliphatic carbocycles. The molecule has 0 aliphatic heterocycles. The lowest BCUT2D eigenvalue weighted by molar-refractivity contribution is 1.18. The van der Waals surface area contributed by atoms with Gasteiger partial charge in [0.25, 0.3) is 0 Å². The second-order valence-electron chi connectivity index (χ2n) is 15.1. The maximum Gasteiger partial charge on any atom is 0.0541 e. The molecule has 0 fully saturated rings. The Kier molecular flexibility index (Phi) is 7.59. The average molecular weight is 822 g/mol. The van der Waals surface area contributed by atoms with Crippen molar-refractivity contribution in [3.63, 3.8) is 0 Å². The summed E-state index contributed by atoms with van der Waals surface area (Å²) in [6, 6.07) is 73.6. The van der Waals surface area contributed by atoms with Gasteiger partial charge in [0.15, 0.2) is 0 Å². The SMILES string of the molecule is Brc1cccc(-c2cc(-c3ccc4c(c3)c3ccccc3n4-c3ccccc3)cc(-c3ccc4c(c3)c3ccccc3n4-c3ccc4sc5ccccc5c4c3)c2)c1. The molecule has 0 amide bonds. The molecule has 12 rings (SSSR count). The van der Waals surface area contributed by atoms with Crippen molar-refractivity contribution in [2.45, 2.75) is 0 Å². The number of hydrogen-bond donors (Lipinski definition) is 0. The molecular weight excluding hydrogens is 789 g/mol. The highest BCUT2D eigenvalue weighted by Crippen LogP contribution is 2.41. The molecule has 272 valence electrons. The van der Waals surface area contributed by atoms with Crippen molar-refractivity contribution < 1.29 is 0 Å². The molecule has 58 heavy (non-hydrogen) atoms. The van der Waals surface area contributed by atoms with Crippen LogP contribution >= 0.6 is 27.3 Å². The average Bonchev–Trinajstić information content (AvgIpc) is 3.93. The lowest BCUT2D eigenvalue weighted by Crippen LogP contribution is -1.93. The molecule has 0 saturated carbocycles. The Labute approximate surface area is 347 Å². The van der Waals surface area contributed by atoms with Crippen LogP contribution in [-0.4, -0.2) is 9.13 Å². The van der Waals surface area contributed by atoms with Gasteiger partial charge in [0.1, 0.15) is 0 Å². The molecule has 3 heterocycles. The molecule has 3 aromatic heterocycles. The van der Waals surface area contributed by atoms with Gasteiger partial charge in [-0.15, -0.1) is 11.3 Å². The largest absolute Gasteiger partial charge is 0.309 e. The van der Waals surface area contributed by atoms with Gasteiger partial charge in [-0.2, -0.15) is 0 Å². The van der Waals surface area contributed by atoms with Crippen molar-refractivity contribution >= 4 is 91.1 Å². The molecule has 4 heteroatoms. The molecule has 0 bridgehead atoms. The van der Waals surface area contributed by atoms with E-state index in [0.29, 0.717) is 0 Å². The summed E-state index contributed by atoms with van der Waals surface area (Å²) in [6.07, 6.45) is 0. The Morgan fingerprint density at radius 1 is 0.293 bits per heavy atom. The number of thiophene rings is 1. The van der Waals surface area contributed by atoms with Gasteiger partial charge in [0.2, 0.25) is 0 Å². The van der Waals surface area contributed by atoms with Crippen molar-refractivity contribution in [2.75, 3.05) is 0 Å². The Balaban J connectivity index is 1.05. The number of fused-ring (bicyclic) bond motifs is 9. The van der Waals surface area contributed by atoms with Gasteiger partial charge >= 0.3 is 0 Å². The third-order valence-electron chi connectivity index (χ3n) is 11.7. The minimum absolute atomic E-state index is 1.06. The number of para-hydroxylation sites is 3. The Hall–Kier alpha value is -6.72. The van der Waals surface area contributed by atoms with Crippen molar-refractivity contribution in [1.82, 2.24) is 9.13 Å². The number of hydrogen-bond acceptors (Lipinski definition) is 1. The monoisotopic (exact) mass is 820 g/mol. The third kappa shape index (κ3) is 5.30. The molecule has 9 aromatic carbocycles. The zero-order valence-corrected chi connectivity index (χ0v) is 33.6. The number of aromatic nitrogens is 2. The molecule has 0 spiro atoms. The highest BCUT2D eigenvalue weighted by atomic mass is 79.9. The lowest BCUT2D eigenvalue weighted by Gasteiger charge is -2.13. The van der Waals surface area contributed by atoms with Crippen LogP contribution in [-0.2, 0) is 0 Å². The fourth-order valence-electron chi connectivity index (χ4n) is 9.09. The topological polar surface area (TPSA) is 9.86 Å². The van der Waals surface area contributed by atoms with Crippen LogP contribution in [0.2, 0.25) is 0 Å². The molecule has 0 N–H and O–H groups in total. The highest BCUT2D eigenvalue weighted by Gasteiger charge is 2.17. The van der Waals surface area contributed by atoms with Crippen LogP contribution in [0.1, 0.15) is 0 Å². The predicted molar refractivity (Wildman–Crippen MR) is 252 cm³/mol. The van der Waals surface area contributed by atoms with Crippen molar-refractivity contribution in [3.05, 3.63) is 205 Å². The highest BCUT2D eigenvalue weighted by molar-refractivity contribution is 9.10. The van der Waals surface area contributed by atoms with E-state index in [4.69, 9.17) is 0 Å². The van der Waals surface area contributed by atoms with Crippen LogP contribution in [0.5, 0.6) is 0 Å². The van der Waals surface area contributed by atoms with Gasteiger partial charge in [0.05, 0.1) is 22.1 Å². The minimum atomic E-state index is 1.06. The second-order valence-corrected chi connectivity index (χ2v) is 17.1. The summed E-state index contributed by atoms with van der Waals surface area (Å²) in [7, 11) is 0. The third-order valence-corrected chi connectivity index (χ3v) is 13.4. The van der Waals surface area contributed by atoms with Gasteiger partial charge in [0, 0.05) is 57.6 Å². The molecule has 0 unspecified atom stereocenters. The number of benzene rings is 9. The molecular formula is C54H33BrN2S. The van der Waals surface area contributed by atoms with E-state index in [1.54, 1.807) is 0 Å². The van der Waals surface area contributed by atoms with Gasteiger partial charge in [-0.05, 0) is 137 Å². The molecule has 12 aromatic rings. The van der Waals surface area contributed by atoms with E-state index in [0.717, 1.165) is 10.2 Å². The summed E-state index contributed by atoms with van der Waals surface area (Å²) < 4.78 is 8.52. The van der Waals surface area contributed by atoms with Crippen molar-refractivity contribution in [3.8, 4) is 44.8 Å². The van der Waals surface area contributed by atoms with E-state index in [1.807, 2.05) is 11.3 Å². The quantitative estimate of drug-likeness (QED) is 0.164. The summed E-state index contributed by atoms with van der Waals surface area (Å²) >= 11 is 5.61. The summed E-state index contributed by atoms with van der Waals surface area (Å²) in [5, 5.41) is 7.61. The number of halogens is 1. The van der Waals surface area contributed by atoms with Crippen LogP contribution in [0.3, 0.4) is 0 Å². The van der Waals surface area contributed by atoms with Gasteiger partial charge < -0.3 is 9.13 Å². The van der Waals surface area contributed by atoms with E-state index in [9.17, 15) is 0 Å². The molecule has 0 atom stereocenters. The first-order valence-electron chi connectivity index (χ1n) is 19.6. The molecule has 2 nitrogen and oxygen atoms in total. The minimum Gasteiger partial charge on any atom is -0.309 e. The maximum atomic E-state index is 3.75. The van der Waals surface area contributed by atoms with Crippen molar-refractivity contribution in [2.24, 2.45) is 0 Å².